The molecule has 0 aliphatic carbocycles. The standard InChI is InChI=1S/C30H44O5S/c1-3-5-7-8-9-10-11-12-13-14-15-16-18-29(25(31)17-6-4-2)36-23-19-20-24-26(32)22-28(30(33)34)35-27(24)21-23/h18-22,25,31H,3-17H2,1-2H3,(H,33,34)/t25-/m1/s1. The second-order valence-corrected chi connectivity index (χ2v) is 10.8. The Morgan fingerprint density at radius 1 is 0.917 bits per heavy atom. The van der Waals surface area contributed by atoms with Crippen molar-refractivity contribution >= 4 is 28.7 Å². The Morgan fingerprint density at radius 3 is 2.14 bits per heavy atom. The predicted octanol–water partition coefficient (Wildman–Crippen LogP) is 8.72. The van der Waals surface area contributed by atoms with E-state index >= 15 is 0 Å². The lowest BCUT2D eigenvalue weighted by atomic mass is 10.0. The summed E-state index contributed by atoms with van der Waals surface area (Å²) in [6.45, 7) is 4.37. The molecule has 0 unspecified atom stereocenters. The van der Waals surface area contributed by atoms with E-state index in [2.05, 4.69) is 19.9 Å². The van der Waals surface area contributed by atoms with E-state index in [1.165, 1.54) is 76.0 Å². The number of carboxylic acid groups (broad SMARTS) is 1. The summed E-state index contributed by atoms with van der Waals surface area (Å²) in [5.41, 5.74) is -0.127. The van der Waals surface area contributed by atoms with Gasteiger partial charge < -0.3 is 14.6 Å². The number of unbranched alkanes of at least 4 members (excludes halogenated alkanes) is 12. The topological polar surface area (TPSA) is 87.7 Å². The maximum absolute atomic E-state index is 12.2. The fourth-order valence-electron chi connectivity index (χ4n) is 4.28. The van der Waals surface area contributed by atoms with Gasteiger partial charge in [0.05, 0.1) is 11.5 Å². The van der Waals surface area contributed by atoms with Crippen LogP contribution in [0.25, 0.3) is 11.0 Å². The highest BCUT2D eigenvalue weighted by molar-refractivity contribution is 8.03. The fourth-order valence-corrected chi connectivity index (χ4v) is 5.31. The number of hydrogen-bond donors (Lipinski definition) is 2. The highest BCUT2D eigenvalue weighted by atomic mass is 32.2. The predicted molar refractivity (Wildman–Crippen MR) is 150 cm³/mol. The molecule has 5 nitrogen and oxygen atoms in total. The highest BCUT2D eigenvalue weighted by Gasteiger charge is 2.15. The molecule has 0 saturated heterocycles. The normalized spacial score (nSPS) is 12.8. The van der Waals surface area contributed by atoms with Crippen LogP contribution in [0, 0.1) is 0 Å². The molecule has 200 valence electrons. The summed E-state index contributed by atoms with van der Waals surface area (Å²) in [5, 5.41) is 20.4. The number of carbonyl (C=O) groups is 1. The molecule has 1 heterocycles. The molecule has 36 heavy (non-hydrogen) atoms. The molecule has 0 spiro atoms. The molecular formula is C30H44O5S. The van der Waals surface area contributed by atoms with Gasteiger partial charge in [0.1, 0.15) is 5.58 Å². The van der Waals surface area contributed by atoms with Crippen molar-refractivity contribution in [1.82, 2.24) is 0 Å². The van der Waals surface area contributed by atoms with Gasteiger partial charge in [-0.1, -0.05) is 109 Å². The minimum Gasteiger partial charge on any atom is -0.475 e. The highest BCUT2D eigenvalue weighted by Crippen LogP contribution is 2.33. The second-order valence-electron chi connectivity index (χ2n) is 9.63. The molecule has 0 aliphatic rings. The van der Waals surface area contributed by atoms with Gasteiger partial charge in [-0.3, -0.25) is 4.79 Å². The van der Waals surface area contributed by atoms with Gasteiger partial charge in [-0.05, 0) is 37.5 Å². The van der Waals surface area contributed by atoms with Crippen molar-refractivity contribution in [3.05, 3.63) is 51.2 Å². The molecule has 1 aromatic heterocycles. The Kier molecular flexibility index (Phi) is 14.6. The third kappa shape index (κ3) is 10.9. The van der Waals surface area contributed by atoms with Crippen LogP contribution in [0.2, 0.25) is 0 Å². The zero-order valence-electron chi connectivity index (χ0n) is 22.1. The van der Waals surface area contributed by atoms with Crippen LogP contribution in [-0.2, 0) is 0 Å². The number of fused-ring (bicyclic) bond motifs is 1. The van der Waals surface area contributed by atoms with Crippen molar-refractivity contribution in [2.45, 2.75) is 121 Å². The molecule has 0 aliphatic heterocycles. The zero-order chi connectivity index (χ0) is 26.2. The van der Waals surface area contributed by atoms with Crippen molar-refractivity contribution in [2.24, 2.45) is 0 Å². The summed E-state index contributed by atoms with van der Waals surface area (Å²) in [7, 11) is 0. The van der Waals surface area contributed by atoms with Gasteiger partial charge in [-0.2, -0.15) is 0 Å². The lowest BCUT2D eigenvalue weighted by molar-refractivity contribution is 0.0663. The molecule has 2 rings (SSSR count). The van der Waals surface area contributed by atoms with Gasteiger partial charge in [0.25, 0.3) is 0 Å². The first-order valence-corrected chi connectivity index (χ1v) is 14.6. The average molecular weight is 517 g/mol. The SMILES string of the molecule is CCCCCCCCCCCCCC=C(Sc1ccc2c(=O)cc(C(=O)O)oc2c1)[C@H](O)CCCC. The van der Waals surface area contributed by atoms with Crippen LogP contribution in [0.5, 0.6) is 0 Å². The first kappa shape index (κ1) is 30.2. The summed E-state index contributed by atoms with van der Waals surface area (Å²) in [4.78, 5) is 25.2. The number of aromatic carboxylic acids is 1. The molecule has 2 aromatic rings. The maximum Gasteiger partial charge on any atom is 0.371 e. The minimum atomic E-state index is -1.27. The Hall–Kier alpha value is -2.05. The van der Waals surface area contributed by atoms with Crippen LogP contribution in [-0.4, -0.2) is 22.3 Å². The van der Waals surface area contributed by atoms with Crippen LogP contribution in [0.3, 0.4) is 0 Å². The minimum absolute atomic E-state index is 0.248. The molecule has 1 atom stereocenters. The Labute approximate surface area is 220 Å². The van der Waals surface area contributed by atoms with Gasteiger partial charge in [0, 0.05) is 15.9 Å². The Bertz CT molecular complexity index is 1010. The van der Waals surface area contributed by atoms with Crippen LogP contribution < -0.4 is 5.43 Å². The van der Waals surface area contributed by atoms with Crippen LogP contribution in [0.4, 0.5) is 0 Å². The largest absolute Gasteiger partial charge is 0.475 e. The third-order valence-electron chi connectivity index (χ3n) is 6.46. The van der Waals surface area contributed by atoms with Crippen molar-refractivity contribution in [3.8, 4) is 0 Å². The smallest absolute Gasteiger partial charge is 0.371 e. The molecule has 0 bridgehead atoms. The lowest BCUT2D eigenvalue weighted by Gasteiger charge is -2.15. The van der Waals surface area contributed by atoms with E-state index in [0.29, 0.717) is 11.8 Å². The van der Waals surface area contributed by atoms with E-state index in [-0.39, 0.29) is 16.8 Å². The summed E-state index contributed by atoms with van der Waals surface area (Å²) in [6, 6.07) is 6.18. The number of aliphatic hydroxyl groups excluding tert-OH is 1. The Morgan fingerprint density at radius 2 is 1.53 bits per heavy atom. The van der Waals surface area contributed by atoms with Crippen molar-refractivity contribution in [1.29, 1.82) is 0 Å². The van der Waals surface area contributed by atoms with Gasteiger partial charge >= 0.3 is 5.97 Å². The molecule has 0 amide bonds. The number of benzene rings is 1. The molecule has 0 fully saturated rings. The number of hydrogen-bond acceptors (Lipinski definition) is 5. The van der Waals surface area contributed by atoms with Crippen molar-refractivity contribution < 1.29 is 19.4 Å². The number of carboxylic acids is 1. The van der Waals surface area contributed by atoms with Gasteiger partial charge in [0.15, 0.2) is 5.43 Å². The maximum atomic E-state index is 12.2. The van der Waals surface area contributed by atoms with Crippen molar-refractivity contribution in [3.63, 3.8) is 0 Å². The van der Waals surface area contributed by atoms with E-state index in [1.54, 1.807) is 12.1 Å². The quantitative estimate of drug-likeness (QED) is 0.143. The summed E-state index contributed by atoms with van der Waals surface area (Å²) in [6.07, 6.45) is 19.6. The van der Waals surface area contributed by atoms with E-state index in [0.717, 1.165) is 41.6 Å². The number of aliphatic hydroxyl groups is 1. The number of thioether (sulfide) groups is 1. The third-order valence-corrected chi connectivity index (χ3v) is 7.62. The van der Waals surface area contributed by atoms with Crippen molar-refractivity contribution in [2.75, 3.05) is 0 Å². The van der Waals surface area contributed by atoms with Crippen LogP contribution in [0.15, 0.2) is 49.4 Å². The first-order valence-electron chi connectivity index (χ1n) is 13.8. The summed E-state index contributed by atoms with van der Waals surface area (Å²) >= 11 is 1.47. The molecule has 1 aromatic carbocycles. The fraction of sp³-hybridized carbons (Fsp3) is 0.600. The summed E-state index contributed by atoms with van der Waals surface area (Å²) < 4.78 is 5.43. The van der Waals surface area contributed by atoms with E-state index < -0.39 is 12.1 Å². The second kappa shape index (κ2) is 17.4. The lowest BCUT2D eigenvalue weighted by Crippen LogP contribution is -2.08. The van der Waals surface area contributed by atoms with E-state index in [9.17, 15) is 19.8 Å². The van der Waals surface area contributed by atoms with Gasteiger partial charge in [-0.25, -0.2) is 4.79 Å². The number of rotatable bonds is 19. The molecule has 0 saturated carbocycles. The molecule has 2 N–H and O–H groups in total. The monoisotopic (exact) mass is 516 g/mol. The summed E-state index contributed by atoms with van der Waals surface area (Å²) in [5.74, 6) is -1.64. The van der Waals surface area contributed by atoms with Gasteiger partial charge in [0.2, 0.25) is 5.76 Å². The Balaban J connectivity index is 1.91. The first-order chi connectivity index (χ1) is 17.5. The van der Waals surface area contributed by atoms with E-state index in [4.69, 9.17) is 4.42 Å². The molecular weight excluding hydrogens is 472 g/mol. The molecule has 6 heteroatoms. The zero-order valence-corrected chi connectivity index (χ0v) is 22.9. The van der Waals surface area contributed by atoms with Gasteiger partial charge in [-0.15, -0.1) is 0 Å². The van der Waals surface area contributed by atoms with Crippen LogP contribution in [0.1, 0.15) is 121 Å². The average Bonchev–Trinajstić information content (AvgIpc) is 2.86. The number of allylic oxidation sites excluding steroid dienone is 1. The van der Waals surface area contributed by atoms with E-state index in [1.807, 2.05) is 6.07 Å². The molecule has 0 radical (unpaired) electrons. The van der Waals surface area contributed by atoms with Crippen LogP contribution >= 0.6 is 11.8 Å².